The predicted molar refractivity (Wildman–Crippen MR) is 80.1 cm³/mol. The first-order chi connectivity index (χ1) is 9.18. The zero-order valence-electron chi connectivity index (χ0n) is 11.5. The van der Waals surface area contributed by atoms with Gasteiger partial charge in [0.2, 0.25) is 5.91 Å². The molecule has 1 saturated heterocycles. The van der Waals surface area contributed by atoms with Gasteiger partial charge < -0.3 is 15.5 Å². The van der Waals surface area contributed by atoms with E-state index in [0.717, 1.165) is 19.5 Å². The zero-order chi connectivity index (χ0) is 13.7. The van der Waals surface area contributed by atoms with E-state index in [9.17, 15) is 9.59 Å². The summed E-state index contributed by atoms with van der Waals surface area (Å²) in [5, 5.41) is 5.87. The van der Waals surface area contributed by atoms with Gasteiger partial charge in [-0.2, -0.15) is 0 Å². The highest BCUT2D eigenvalue weighted by molar-refractivity contribution is 5.96. The molecule has 1 aromatic carbocycles. The fourth-order valence-electron chi connectivity index (χ4n) is 2.15. The molecule has 0 aliphatic carbocycles. The molecule has 1 aliphatic rings. The van der Waals surface area contributed by atoms with Crippen LogP contribution < -0.4 is 10.6 Å². The van der Waals surface area contributed by atoms with E-state index in [4.69, 9.17) is 0 Å². The average Bonchev–Trinajstić information content (AvgIpc) is 2.98. The van der Waals surface area contributed by atoms with E-state index < -0.39 is 0 Å². The standard InChI is InChI=1S/C14H19N3O2.ClH/c1-17(12-7-8-15-9-12)13(18)10-16-14(19)11-5-3-2-4-6-11;/h2-6,12,15H,7-10H2,1H3,(H,16,19);1H. The summed E-state index contributed by atoms with van der Waals surface area (Å²) in [7, 11) is 1.79. The maximum absolute atomic E-state index is 11.9. The van der Waals surface area contributed by atoms with Crippen LogP contribution in [0.1, 0.15) is 16.8 Å². The molecule has 20 heavy (non-hydrogen) atoms. The van der Waals surface area contributed by atoms with Gasteiger partial charge in [-0.15, -0.1) is 12.4 Å². The number of carbonyl (C=O) groups excluding carboxylic acids is 2. The van der Waals surface area contributed by atoms with E-state index in [1.54, 1.807) is 36.2 Å². The van der Waals surface area contributed by atoms with Crippen LogP contribution in [0.4, 0.5) is 0 Å². The van der Waals surface area contributed by atoms with Crippen molar-refractivity contribution in [3.8, 4) is 0 Å². The summed E-state index contributed by atoms with van der Waals surface area (Å²) in [5.41, 5.74) is 0.570. The van der Waals surface area contributed by atoms with Crippen LogP contribution in [0.3, 0.4) is 0 Å². The highest BCUT2D eigenvalue weighted by Crippen LogP contribution is 2.06. The van der Waals surface area contributed by atoms with Crippen molar-refractivity contribution < 1.29 is 9.59 Å². The monoisotopic (exact) mass is 297 g/mol. The van der Waals surface area contributed by atoms with Crippen LogP contribution in [0.5, 0.6) is 0 Å². The Kier molecular flexibility index (Phi) is 6.48. The molecule has 0 saturated carbocycles. The number of carbonyl (C=O) groups is 2. The quantitative estimate of drug-likeness (QED) is 0.858. The van der Waals surface area contributed by atoms with Gasteiger partial charge in [-0.25, -0.2) is 0 Å². The lowest BCUT2D eigenvalue weighted by Gasteiger charge is -2.23. The van der Waals surface area contributed by atoms with E-state index in [0.29, 0.717) is 5.56 Å². The van der Waals surface area contributed by atoms with Crippen molar-refractivity contribution in [2.75, 3.05) is 26.7 Å². The number of halogens is 1. The second-order valence-electron chi connectivity index (χ2n) is 4.70. The molecular weight excluding hydrogens is 278 g/mol. The Hall–Kier alpha value is -1.59. The van der Waals surface area contributed by atoms with Crippen LogP contribution in [0.25, 0.3) is 0 Å². The molecule has 6 heteroatoms. The lowest BCUT2D eigenvalue weighted by molar-refractivity contribution is -0.130. The topological polar surface area (TPSA) is 61.4 Å². The number of nitrogens with zero attached hydrogens (tertiary/aromatic N) is 1. The highest BCUT2D eigenvalue weighted by atomic mass is 35.5. The Morgan fingerprint density at radius 3 is 2.65 bits per heavy atom. The van der Waals surface area contributed by atoms with Gasteiger partial charge in [0.25, 0.3) is 5.91 Å². The van der Waals surface area contributed by atoms with Crippen molar-refractivity contribution in [2.45, 2.75) is 12.5 Å². The molecule has 1 atom stereocenters. The third-order valence-electron chi connectivity index (χ3n) is 3.41. The summed E-state index contributed by atoms with van der Waals surface area (Å²) in [4.78, 5) is 25.5. The number of hydrogen-bond donors (Lipinski definition) is 2. The fourth-order valence-corrected chi connectivity index (χ4v) is 2.15. The van der Waals surface area contributed by atoms with Gasteiger partial charge in [-0.1, -0.05) is 18.2 Å². The predicted octanol–water partition coefficient (Wildman–Crippen LogP) is 0.658. The summed E-state index contributed by atoms with van der Waals surface area (Å²) in [5.74, 6) is -0.273. The first-order valence-electron chi connectivity index (χ1n) is 6.48. The molecule has 110 valence electrons. The molecule has 0 aromatic heterocycles. The summed E-state index contributed by atoms with van der Waals surface area (Å²) in [6.45, 7) is 1.81. The first-order valence-corrected chi connectivity index (χ1v) is 6.48. The molecule has 0 radical (unpaired) electrons. The number of hydrogen-bond acceptors (Lipinski definition) is 3. The van der Waals surface area contributed by atoms with Crippen molar-refractivity contribution in [3.63, 3.8) is 0 Å². The van der Waals surface area contributed by atoms with Crippen molar-refractivity contribution in [1.29, 1.82) is 0 Å². The van der Waals surface area contributed by atoms with Crippen molar-refractivity contribution in [2.24, 2.45) is 0 Å². The molecule has 1 aromatic rings. The maximum atomic E-state index is 11.9. The number of nitrogens with one attached hydrogen (secondary N) is 2. The van der Waals surface area contributed by atoms with Crippen LogP contribution >= 0.6 is 12.4 Å². The van der Waals surface area contributed by atoms with Crippen LogP contribution in [0.15, 0.2) is 30.3 Å². The average molecular weight is 298 g/mol. The minimum absolute atomic E-state index is 0. The fraction of sp³-hybridized carbons (Fsp3) is 0.429. The number of rotatable bonds is 4. The Labute approximate surface area is 125 Å². The van der Waals surface area contributed by atoms with Crippen LogP contribution in [0, 0.1) is 0 Å². The van der Waals surface area contributed by atoms with E-state index in [1.807, 2.05) is 6.07 Å². The van der Waals surface area contributed by atoms with Crippen molar-refractivity contribution in [3.05, 3.63) is 35.9 Å². The maximum Gasteiger partial charge on any atom is 0.251 e. The molecule has 2 N–H and O–H groups in total. The summed E-state index contributed by atoms with van der Waals surface area (Å²) >= 11 is 0. The summed E-state index contributed by atoms with van der Waals surface area (Å²) in [6.07, 6.45) is 0.967. The van der Waals surface area contributed by atoms with Gasteiger partial charge >= 0.3 is 0 Å². The zero-order valence-corrected chi connectivity index (χ0v) is 12.3. The van der Waals surface area contributed by atoms with Crippen molar-refractivity contribution >= 4 is 24.2 Å². The second-order valence-corrected chi connectivity index (χ2v) is 4.70. The summed E-state index contributed by atoms with van der Waals surface area (Å²) < 4.78 is 0. The van der Waals surface area contributed by atoms with E-state index >= 15 is 0 Å². The highest BCUT2D eigenvalue weighted by Gasteiger charge is 2.23. The second kappa shape index (κ2) is 7.87. The van der Waals surface area contributed by atoms with Gasteiger partial charge in [-0.05, 0) is 25.1 Å². The van der Waals surface area contributed by atoms with E-state index in [1.165, 1.54) is 0 Å². The number of likely N-dealkylation sites (N-methyl/N-ethyl adjacent to an activating group) is 1. The normalized spacial score (nSPS) is 17.1. The van der Waals surface area contributed by atoms with E-state index in [2.05, 4.69) is 10.6 Å². The molecule has 2 rings (SSSR count). The molecule has 1 aliphatic heterocycles. The smallest absolute Gasteiger partial charge is 0.251 e. The lowest BCUT2D eigenvalue weighted by atomic mass is 10.2. The number of amides is 2. The minimum Gasteiger partial charge on any atom is -0.343 e. The van der Waals surface area contributed by atoms with Crippen LogP contribution in [0.2, 0.25) is 0 Å². The SMILES string of the molecule is CN(C(=O)CNC(=O)c1ccccc1)C1CCNC1.Cl. The molecule has 1 unspecified atom stereocenters. The largest absolute Gasteiger partial charge is 0.343 e. The Bertz CT molecular complexity index is 447. The van der Waals surface area contributed by atoms with Gasteiger partial charge in [0.15, 0.2) is 0 Å². The van der Waals surface area contributed by atoms with E-state index in [-0.39, 0.29) is 36.8 Å². The molecule has 1 heterocycles. The molecular formula is C14H20ClN3O2. The third-order valence-corrected chi connectivity index (χ3v) is 3.41. The van der Waals surface area contributed by atoms with Crippen LogP contribution in [-0.2, 0) is 4.79 Å². The molecule has 1 fully saturated rings. The third kappa shape index (κ3) is 4.21. The van der Waals surface area contributed by atoms with Gasteiger partial charge in [0.05, 0.1) is 6.54 Å². The van der Waals surface area contributed by atoms with Crippen LogP contribution in [-0.4, -0.2) is 49.4 Å². The number of benzene rings is 1. The Balaban J connectivity index is 0.00000200. The van der Waals surface area contributed by atoms with Gasteiger partial charge in [0.1, 0.15) is 0 Å². The van der Waals surface area contributed by atoms with Crippen molar-refractivity contribution in [1.82, 2.24) is 15.5 Å². The molecule has 0 bridgehead atoms. The van der Waals surface area contributed by atoms with Gasteiger partial charge in [0, 0.05) is 25.2 Å². The first kappa shape index (κ1) is 16.5. The Morgan fingerprint density at radius 1 is 1.35 bits per heavy atom. The molecule has 0 spiro atoms. The summed E-state index contributed by atoms with van der Waals surface area (Å²) in [6, 6.07) is 9.14. The lowest BCUT2D eigenvalue weighted by Crippen LogP contribution is -2.44. The van der Waals surface area contributed by atoms with Gasteiger partial charge in [-0.3, -0.25) is 9.59 Å². The Morgan fingerprint density at radius 2 is 2.05 bits per heavy atom. The minimum atomic E-state index is -0.216. The molecule has 2 amide bonds. The molecule has 5 nitrogen and oxygen atoms in total.